The van der Waals surface area contributed by atoms with Crippen LogP contribution in [-0.4, -0.2) is 12.0 Å². The first-order valence-corrected chi connectivity index (χ1v) is 7.39. The van der Waals surface area contributed by atoms with Gasteiger partial charge in [-0.2, -0.15) is 26.3 Å². The number of nitrogens with one attached hydrogen (secondary N) is 1. The number of halogens is 6. The van der Waals surface area contributed by atoms with Gasteiger partial charge in [0.25, 0.3) is 5.91 Å². The van der Waals surface area contributed by atoms with E-state index >= 15 is 0 Å². The molecule has 0 aliphatic carbocycles. The summed E-state index contributed by atoms with van der Waals surface area (Å²) in [4.78, 5) is 12.2. The summed E-state index contributed by atoms with van der Waals surface area (Å²) in [7, 11) is 0. The van der Waals surface area contributed by atoms with Crippen molar-refractivity contribution in [2.45, 2.75) is 24.9 Å². The lowest BCUT2D eigenvalue weighted by molar-refractivity contribution is -0.143. The van der Waals surface area contributed by atoms with E-state index in [1.165, 1.54) is 0 Å². The molecule has 0 fully saturated rings. The summed E-state index contributed by atoms with van der Waals surface area (Å²) in [6, 6.07) is 7.65. The number of ether oxygens (including phenoxy) is 1. The normalized spacial score (nSPS) is 16.8. The third-order valence-corrected chi connectivity index (χ3v) is 3.79. The number of para-hydroxylation sites is 1. The van der Waals surface area contributed by atoms with Crippen LogP contribution in [0.2, 0.25) is 0 Å². The number of hydrogen-bond acceptors (Lipinski definition) is 2. The van der Waals surface area contributed by atoms with Crippen molar-refractivity contribution < 1.29 is 35.9 Å². The predicted octanol–water partition coefficient (Wildman–Crippen LogP) is 4.67. The van der Waals surface area contributed by atoms with E-state index in [2.05, 4.69) is 5.32 Å². The molecule has 26 heavy (non-hydrogen) atoms. The highest BCUT2D eigenvalue weighted by Gasteiger charge is 2.37. The fraction of sp³-hybridized carbons (Fsp3) is 0.235. The maximum atomic E-state index is 12.8. The molecule has 0 radical (unpaired) electrons. The summed E-state index contributed by atoms with van der Waals surface area (Å²) in [5, 5.41) is 2.08. The largest absolute Gasteiger partial charge is 0.480 e. The molecule has 0 saturated heterocycles. The molecule has 138 valence electrons. The number of fused-ring (bicyclic) bond motifs is 1. The second-order valence-corrected chi connectivity index (χ2v) is 5.70. The van der Waals surface area contributed by atoms with E-state index in [-0.39, 0.29) is 12.5 Å². The van der Waals surface area contributed by atoms with Gasteiger partial charge in [-0.25, -0.2) is 0 Å². The zero-order valence-electron chi connectivity index (χ0n) is 12.9. The van der Waals surface area contributed by atoms with E-state index in [4.69, 9.17) is 4.74 Å². The highest BCUT2D eigenvalue weighted by molar-refractivity contribution is 5.95. The van der Waals surface area contributed by atoms with Gasteiger partial charge in [-0.15, -0.1) is 0 Å². The van der Waals surface area contributed by atoms with Crippen molar-refractivity contribution in [1.82, 2.24) is 0 Å². The van der Waals surface area contributed by atoms with Crippen molar-refractivity contribution in [2.75, 3.05) is 5.32 Å². The maximum Gasteiger partial charge on any atom is 0.416 e. The summed E-state index contributed by atoms with van der Waals surface area (Å²) in [5.74, 6) is -0.374. The average Bonchev–Trinajstić information content (AvgIpc) is 2.97. The van der Waals surface area contributed by atoms with Crippen LogP contribution in [0.5, 0.6) is 5.75 Å². The minimum Gasteiger partial charge on any atom is -0.480 e. The number of benzene rings is 2. The molecule has 3 nitrogen and oxygen atoms in total. The zero-order chi connectivity index (χ0) is 19.1. The van der Waals surface area contributed by atoms with Gasteiger partial charge in [0.2, 0.25) is 0 Å². The molecule has 1 atom stereocenters. The number of amides is 1. The van der Waals surface area contributed by atoms with E-state index in [1.54, 1.807) is 24.3 Å². The van der Waals surface area contributed by atoms with E-state index in [0.717, 1.165) is 5.56 Å². The van der Waals surface area contributed by atoms with Crippen molar-refractivity contribution >= 4 is 11.6 Å². The van der Waals surface area contributed by atoms with Gasteiger partial charge in [0.1, 0.15) is 5.75 Å². The van der Waals surface area contributed by atoms with Crippen LogP contribution in [0.15, 0.2) is 42.5 Å². The first-order chi connectivity index (χ1) is 12.0. The molecule has 3 rings (SSSR count). The number of alkyl halides is 6. The fourth-order valence-corrected chi connectivity index (χ4v) is 2.58. The highest BCUT2D eigenvalue weighted by Crippen LogP contribution is 2.37. The molecule has 1 heterocycles. The van der Waals surface area contributed by atoms with Gasteiger partial charge in [0.15, 0.2) is 6.10 Å². The maximum absolute atomic E-state index is 12.8. The standard InChI is InChI=1S/C17H11F6NO2/c18-16(19,20)10-6-11(17(21,22)23)8-12(7-10)24-15(25)14-5-9-3-1-2-4-13(9)26-14/h1-4,6-8,14H,5H2,(H,24,25)/t14-/m0/s1. The van der Waals surface area contributed by atoms with Crippen LogP contribution < -0.4 is 10.1 Å². The number of carbonyl (C=O) groups excluding carboxylic acids is 1. The molecule has 0 saturated carbocycles. The van der Waals surface area contributed by atoms with Crippen molar-refractivity contribution in [3.05, 3.63) is 59.2 Å². The van der Waals surface area contributed by atoms with Crippen LogP contribution in [0.1, 0.15) is 16.7 Å². The highest BCUT2D eigenvalue weighted by atomic mass is 19.4. The number of anilines is 1. The molecule has 1 aliphatic heterocycles. The van der Waals surface area contributed by atoms with Crippen LogP contribution in [0.3, 0.4) is 0 Å². The van der Waals surface area contributed by atoms with Gasteiger partial charge < -0.3 is 10.1 Å². The minimum atomic E-state index is -4.99. The monoisotopic (exact) mass is 375 g/mol. The lowest BCUT2D eigenvalue weighted by atomic mass is 10.1. The Balaban J connectivity index is 1.84. The van der Waals surface area contributed by atoms with Gasteiger partial charge in [0, 0.05) is 12.1 Å². The number of carbonyl (C=O) groups is 1. The van der Waals surface area contributed by atoms with Crippen molar-refractivity contribution in [3.8, 4) is 5.75 Å². The predicted molar refractivity (Wildman–Crippen MR) is 79.6 cm³/mol. The van der Waals surface area contributed by atoms with Crippen LogP contribution in [-0.2, 0) is 23.6 Å². The van der Waals surface area contributed by atoms with Gasteiger partial charge in [-0.3, -0.25) is 4.79 Å². The zero-order valence-corrected chi connectivity index (χ0v) is 12.9. The molecule has 9 heteroatoms. The Labute approximate surface area is 143 Å². The molecule has 2 aromatic rings. The molecule has 0 unspecified atom stereocenters. The molecule has 0 spiro atoms. The first-order valence-electron chi connectivity index (χ1n) is 7.39. The van der Waals surface area contributed by atoms with Gasteiger partial charge >= 0.3 is 12.4 Å². The smallest absolute Gasteiger partial charge is 0.416 e. The van der Waals surface area contributed by atoms with E-state index in [1.807, 2.05) is 0 Å². The molecular formula is C17H11F6NO2. The van der Waals surface area contributed by atoms with E-state index in [0.29, 0.717) is 17.9 Å². The van der Waals surface area contributed by atoms with Crippen molar-refractivity contribution in [2.24, 2.45) is 0 Å². The summed E-state index contributed by atoms with van der Waals surface area (Å²) < 4.78 is 82.5. The minimum absolute atomic E-state index is 0.00240. The Kier molecular flexibility index (Phi) is 4.33. The van der Waals surface area contributed by atoms with Gasteiger partial charge in [-0.05, 0) is 29.8 Å². The molecular weight excluding hydrogens is 364 g/mol. The van der Waals surface area contributed by atoms with Gasteiger partial charge in [0.05, 0.1) is 11.1 Å². The molecule has 1 amide bonds. The molecule has 0 aromatic heterocycles. The Morgan fingerprint density at radius 1 is 0.962 bits per heavy atom. The van der Waals surface area contributed by atoms with Crippen molar-refractivity contribution in [3.63, 3.8) is 0 Å². The van der Waals surface area contributed by atoms with E-state index < -0.39 is 41.2 Å². The topological polar surface area (TPSA) is 38.3 Å². The molecule has 2 aromatic carbocycles. The second-order valence-electron chi connectivity index (χ2n) is 5.70. The third kappa shape index (κ3) is 3.76. The van der Waals surface area contributed by atoms with Crippen LogP contribution >= 0.6 is 0 Å². The van der Waals surface area contributed by atoms with Crippen LogP contribution in [0.4, 0.5) is 32.0 Å². The molecule has 1 aliphatic rings. The Morgan fingerprint density at radius 3 is 2.08 bits per heavy atom. The second kappa shape index (κ2) is 6.22. The average molecular weight is 375 g/mol. The Morgan fingerprint density at radius 2 is 1.54 bits per heavy atom. The molecule has 0 bridgehead atoms. The summed E-state index contributed by atoms with van der Waals surface area (Å²) in [6.07, 6.45) is -10.8. The number of hydrogen-bond donors (Lipinski definition) is 1. The summed E-state index contributed by atoms with van der Waals surface area (Å²) in [5.41, 5.74) is -2.87. The van der Waals surface area contributed by atoms with Crippen LogP contribution in [0, 0.1) is 0 Å². The lowest BCUT2D eigenvalue weighted by Crippen LogP contribution is -2.31. The molecule has 1 N–H and O–H groups in total. The first kappa shape index (κ1) is 18.1. The van der Waals surface area contributed by atoms with Crippen molar-refractivity contribution in [1.29, 1.82) is 0 Å². The quantitative estimate of drug-likeness (QED) is 0.775. The fourth-order valence-electron chi connectivity index (χ4n) is 2.58. The summed E-state index contributed by atoms with van der Waals surface area (Å²) in [6.45, 7) is 0. The van der Waals surface area contributed by atoms with Gasteiger partial charge in [-0.1, -0.05) is 18.2 Å². The SMILES string of the molecule is O=C(Nc1cc(C(F)(F)F)cc(C(F)(F)F)c1)[C@@H]1Cc2ccccc2O1. The Bertz CT molecular complexity index is 787. The number of rotatable bonds is 2. The lowest BCUT2D eigenvalue weighted by Gasteiger charge is -2.16. The van der Waals surface area contributed by atoms with E-state index in [9.17, 15) is 31.1 Å². The Hall–Kier alpha value is -2.71. The third-order valence-electron chi connectivity index (χ3n) is 3.79. The summed E-state index contributed by atoms with van der Waals surface area (Å²) >= 11 is 0. The van der Waals surface area contributed by atoms with Crippen LogP contribution in [0.25, 0.3) is 0 Å².